The van der Waals surface area contributed by atoms with Crippen LogP contribution in [-0.2, 0) is 35.1 Å². The smallest absolute Gasteiger partial charge is 0.411 e. The van der Waals surface area contributed by atoms with Gasteiger partial charge in [0.1, 0.15) is 49.3 Å². The van der Waals surface area contributed by atoms with Crippen LogP contribution in [0.1, 0.15) is 71.3 Å². The molecule has 2 unspecified atom stereocenters. The van der Waals surface area contributed by atoms with Crippen LogP contribution in [0.25, 0.3) is 0 Å². The highest BCUT2D eigenvalue weighted by atomic mass is 16.7. The number of allylic oxidation sites excluding steroid dienone is 4. The van der Waals surface area contributed by atoms with E-state index in [0.717, 1.165) is 24.8 Å². The molecule has 2 aromatic rings. The molecule has 6 aliphatic rings. The van der Waals surface area contributed by atoms with Crippen molar-refractivity contribution in [2.45, 2.75) is 121 Å². The van der Waals surface area contributed by atoms with Crippen LogP contribution >= 0.6 is 0 Å². The van der Waals surface area contributed by atoms with Gasteiger partial charge in [-0.25, -0.2) is 4.79 Å². The molecule has 0 spiro atoms. The molecular weight excluding hydrogens is 815 g/mol. The number of carbonyl (C=O) groups excluding carboxylic acids is 3. The van der Waals surface area contributed by atoms with Crippen LogP contribution in [0.15, 0.2) is 66.3 Å². The SMILES string of the molecule is C#CCOc1cc(O[C@H]2C[C@@H](O)[C@H](O)[C@@H](CO)O2)ccc1COC(=O)Nc1ccc(OCC(=O)[C@@]23OC(CCC)O[C@@H]2C[C@H]2C4CCC5=CC(=O)C=C[C@]5(C)[C@H]4[C@@H](O)C[C@@]23C)cc1. The second kappa shape index (κ2) is 18.0. The Hall–Kier alpha value is -4.79. The standard InChI is InChI=1S/C48H57NO14/c1-5-7-41-62-40-21-34-33-15-9-28-19-30(51)16-17-46(28,3)43(33)36(53)23-47(34,4)48(40,63-41)39(54)26-58-31-13-10-29(11-14-31)49-45(56)59-25-27-8-12-32(20-37(27)57-18-6-2)60-42-22-35(52)44(55)38(24-50)61-42/h2,8,10-14,16-17,19-20,33-36,38,40-44,50,52-53,55H,5,7,9,15,18,21-26H2,1,3-4H3,(H,49,56)/t33?,34-,35+,36-,38+,40+,41?,42+,43+,44-,46-,47-,48+/m0/s1. The van der Waals surface area contributed by atoms with Gasteiger partial charge in [0.25, 0.3) is 0 Å². The molecule has 2 saturated heterocycles. The van der Waals surface area contributed by atoms with E-state index in [1.54, 1.807) is 48.6 Å². The normalized spacial score (nSPS) is 36.4. The van der Waals surface area contributed by atoms with Gasteiger partial charge in [-0.2, -0.15) is 0 Å². The average Bonchev–Trinajstić information content (AvgIpc) is 3.75. The maximum Gasteiger partial charge on any atom is 0.411 e. The topological polar surface area (TPSA) is 209 Å². The van der Waals surface area contributed by atoms with Gasteiger partial charge >= 0.3 is 6.09 Å². The van der Waals surface area contributed by atoms with E-state index in [0.29, 0.717) is 42.0 Å². The van der Waals surface area contributed by atoms with Crippen LogP contribution < -0.4 is 19.5 Å². The Morgan fingerprint density at radius 1 is 1.02 bits per heavy atom. The van der Waals surface area contributed by atoms with Crippen molar-refractivity contribution in [2.24, 2.45) is 28.6 Å². The van der Waals surface area contributed by atoms with Crippen LogP contribution in [0.5, 0.6) is 17.2 Å². The van der Waals surface area contributed by atoms with Crippen molar-refractivity contribution in [3.05, 3.63) is 71.8 Å². The Kier molecular flexibility index (Phi) is 12.8. The van der Waals surface area contributed by atoms with Gasteiger partial charge in [-0.05, 0) is 92.5 Å². The zero-order valence-electron chi connectivity index (χ0n) is 35.8. The van der Waals surface area contributed by atoms with E-state index in [9.17, 15) is 34.8 Å². The third kappa shape index (κ3) is 8.27. The monoisotopic (exact) mass is 871 g/mol. The summed E-state index contributed by atoms with van der Waals surface area (Å²) in [4.78, 5) is 39.9. The summed E-state index contributed by atoms with van der Waals surface area (Å²) in [5, 5.41) is 44.4. The number of ketones is 2. The van der Waals surface area contributed by atoms with E-state index in [2.05, 4.69) is 25.1 Å². The molecule has 5 fully saturated rings. The van der Waals surface area contributed by atoms with Crippen LogP contribution in [0.2, 0.25) is 0 Å². The second-order valence-electron chi connectivity index (χ2n) is 18.0. The summed E-state index contributed by atoms with van der Waals surface area (Å²) >= 11 is 0. The average molecular weight is 872 g/mol. The van der Waals surface area contributed by atoms with Gasteiger partial charge in [-0.3, -0.25) is 14.9 Å². The molecule has 8 rings (SSSR count). The van der Waals surface area contributed by atoms with Gasteiger partial charge in [-0.15, -0.1) is 6.42 Å². The lowest BCUT2D eigenvalue weighted by molar-refractivity contribution is -0.229. The summed E-state index contributed by atoms with van der Waals surface area (Å²) in [7, 11) is 0. The molecule has 2 aliphatic heterocycles. The number of ether oxygens (including phenoxy) is 7. The van der Waals surface area contributed by atoms with E-state index in [1.807, 2.05) is 13.0 Å². The van der Waals surface area contributed by atoms with Crippen molar-refractivity contribution in [2.75, 3.05) is 25.1 Å². The molecule has 4 aliphatic carbocycles. The highest BCUT2D eigenvalue weighted by Gasteiger charge is 2.76. The van der Waals surface area contributed by atoms with Gasteiger partial charge in [0.15, 0.2) is 17.7 Å². The first-order valence-corrected chi connectivity index (χ1v) is 21.9. The zero-order valence-corrected chi connectivity index (χ0v) is 35.8. The third-order valence-corrected chi connectivity index (χ3v) is 14.4. The van der Waals surface area contributed by atoms with Crippen molar-refractivity contribution in [3.8, 4) is 29.6 Å². The zero-order chi connectivity index (χ0) is 44.7. The molecule has 5 N–H and O–H groups in total. The number of anilines is 1. The molecule has 2 heterocycles. The number of nitrogens with one attached hydrogen (secondary N) is 1. The van der Waals surface area contributed by atoms with E-state index in [-0.39, 0.29) is 61.3 Å². The predicted molar refractivity (Wildman–Crippen MR) is 225 cm³/mol. The Balaban J connectivity index is 0.892. The fraction of sp³-hybridized carbons (Fsp3) is 0.562. The number of hydrogen-bond acceptors (Lipinski definition) is 14. The van der Waals surface area contributed by atoms with Gasteiger partial charge < -0.3 is 53.6 Å². The van der Waals surface area contributed by atoms with Crippen molar-refractivity contribution in [1.82, 2.24) is 0 Å². The molecule has 0 bridgehead atoms. The molecule has 0 radical (unpaired) electrons. The molecule has 2 aromatic carbocycles. The molecule has 0 aromatic heterocycles. The molecule has 1 amide bonds. The molecule has 338 valence electrons. The number of amides is 1. The van der Waals surface area contributed by atoms with Crippen LogP contribution in [0.4, 0.5) is 10.5 Å². The van der Waals surface area contributed by atoms with Gasteiger partial charge in [-0.1, -0.05) is 44.8 Å². The number of hydrogen-bond donors (Lipinski definition) is 5. The minimum absolute atomic E-state index is 0.0183. The Labute approximate surface area is 366 Å². The quantitative estimate of drug-likeness (QED) is 0.162. The molecule has 63 heavy (non-hydrogen) atoms. The number of carbonyl (C=O) groups is 3. The summed E-state index contributed by atoms with van der Waals surface area (Å²) in [6, 6.07) is 11.3. The fourth-order valence-corrected chi connectivity index (χ4v) is 11.5. The molecule has 15 heteroatoms. The van der Waals surface area contributed by atoms with Crippen molar-refractivity contribution in [3.63, 3.8) is 0 Å². The van der Waals surface area contributed by atoms with Crippen LogP contribution in [0.3, 0.4) is 0 Å². The summed E-state index contributed by atoms with van der Waals surface area (Å²) in [6.07, 6.45) is 7.81. The number of aliphatic hydroxyl groups excluding tert-OH is 4. The molecular formula is C48H57NO14. The maximum atomic E-state index is 14.7. The van der Waals surface area contributed by atoms with E-state index >= 15 is 0 Å². The van der Waals surface area contributed by atoms with Crippen LogP contribution in [0, 0.1) is 40.9 Å². The summed E-state index contributed by atoms with van der Waals surface area (Å²) in [5.74, 6) is 3.15. The number of Topliss-reactive ketones (excluding diaryl/α,β-unsaturated/α-hetero) is 1. The van der Waals surface area contributed by atoms with Crippen molar-refractivity contribution < 1.29 is 68.0 Å². The van der Waals surface area contributed by atoms with E-state index < -0.39 is 72.2 Å². The summed E-state index contributed by atoms with van der Waals surface area (Å²) in [6.45, 7) is 5.20. The molecule has 15 nitrogen and oxygen atoms in total. The maximum absolute atomic E-state index is 14.7. The van der Waals surface area contributed by atoms with Crippen molar-refractivity contribution >= 4 is 23.3 Å². The minimum Gasteiger partial charge on any atom is -0.486 e. The number of fused-ring (bicyclic) bond motifs is 7. The first-order chi connectivity index (χ1) is 30.2. The number of aliphatic hydroxyl groups is 4. The third-order valence-electron chi connectivity index (χ3n) is 14.4. The van der Waals surface area contributed by atoms with Gasteiger partial charge in [0, 0.05) is 40.5 Å². The molecule has 3 saturated carbocycles. The number of rotatable bonds is 14. The van der Waals surface area contributed by atoms with E-state index in [4.69, 9.17) is 39.6 Å². The van der Waals surface area contributed by atoms with Crippen LogP contribution in [-0.4, -0.2) is 107 Å². The number of benzene rings is 2. The first kappa shape index (κ1) is 44.8. The minimum atomic E-state index is -1.31. The summed E-state index contributed by atoms with van der Waals surface area (Å²) < 4.78 is 42.0. The van der Waals surface area contributed by atoms with Crippen molar-refractivity contribution in [1.29, 1.82) is 0 Å². The lowest BCUT2D eigenvalue weighted by atomic mass is 9.46. The van der Waals surface area contributed by atoms with Gasteiger partial charge in [0.05, 0.1) is 24.9 Å². The summed E-state index contributed by atoms with van der Waals surface area (Å²) in [5.41, 5.74) is -0.524. The van der Waals surface area contributed by atoms with E-state index in [1.165, 1.54) is 6.07 Å². The lowest BCUT2D eigenvalue weighted by Gasteiger charge is -2.59. The number of terminal acetylenes is 1. The highest BCUT2D eigenvalue weighted by Crippen LogP contribution is 2.69. The Morgan fingerprint density at radius 2 is 1.79 bits per heavy atom. The second-order valence-corrected chi connectivity index (χ2v) is 18.0. The lowest BCUT2D eigenvalue weighted by Crippen LogP contribution is -2.63. The fourth-order valence-electron chi connectivity index (χ4n) is 11.5. The largest absolute Gasteiger partial charge is 0.486 e. The Morgan fingerprint density at radius 3 is 2.54 bits per heavy atom. The predicted octanol–water partition coefficient (Wildman–Crippen LogP) is 4.77. The Bertz CT molecular complexity index is 2150. The highest BCUT2D eigenvalue weighted by molar-refractivity contribution is 6.01. The molecule has 13 atom stereocenters. The first-order valence-electron chi connectivity index (χ1n) is 21.9. The van der Waals surface area contributed by atoms with Gasteiger partial charge in [0.2, 0.25) is 12.1 Å².